The van der Waals surface area contributed by atoms with Gasteiger partial charge in [0.25, 0.3) is 5.91 Å². The molecular formula is C33H33N3O7S2. The SMILES string of the molecule is O=C(O)CCCCCN1C(=O)C2C3CC(C2C1=O)C1C3Sc2[nH]c(=O)sc2[C@@H]1c1cccc(OCC(=O)Nc2ccccc2)c1. The molecule has 2 saturated carbocycles. The van der Waals surface area contributed by atoms with Gasteiger partial charge in [0.2, 0.25) is 11.8 Å². The Labute approximate surface area is 267 Å². The lowest BCUT2D eigenvalue weighted by Crippen LogP contribution is -2.42. The minimum atomic E-state index is -0.843. The molecule has 10 nitrogen and oxygen atoms in total. The van der Waals surface area contributed by atoms with Crippen LogP contribution in [0.3, 0.4) is 0 Å². The molecule has 7 atom stereocenters. The molecule has 1 saturated heterocycles. The summed E-state index contributed by atoms with van der Waals surface area (Å²) in [6, 6.07) is 16.8. The zero-order valence-electron chi connectivity index (χ0n) is 24.3. The number of carbonyl (C=O) groups is 4. The van der Waals surface area contributed by atoms with Crippen LogP contribution < -0.4 is 14.9 Å². The van der Waals surface area contributed by atoms with E-state index in [1.807, 2.05) is 36.4 Å². The van der Waals surface area contributed by atoms with Crippen LogP contribution in [0.4, 0.5) is 5.69 Å². The van der Waals surface area contributed by atoms with E-state index in [1.54, 1.807) is 30.0 Å². The molecule has 0 spiro atoms. The molecule has 3 amide bonds. The number of benzene rings is 2. The number of imide groups is 1. The summed E-state index contributed by atoms with van der Waals surface area (Å²) >= 11 is 2.84. The topological polar surface area (TPSA) is 146 Å². The average Bonchev–Trinajstić information content (AvgIpc) is 3.76. The van der Waals surface area contributed by atoms with Gasteiger partial charge in [-0.2, -0.15) is 0 Å². The molecule has 12 heteroatoms. The van der Waals surface area contributed by atoms with Gasteiger partial charge in [-0.15, -0.1) is 11.8 Å². The summed E-state index contributed by atoms with van der Waals surface area (Å²) in [5.41, 5.74) is 1.64. The van der Waals surface area contributed by atoms with Crippen LogP contribution in [0.2, 0.25) is 0 Å². The van der Waals surface area contributed by atoms with Crippen molar-refractivity contribution in [3.8, 4) is 5.75 Å². The number of unbranched alkanes of at least 4 members (excludes halogenated alkanes) is 2. The van der Waals surface area contributed by atoms with E-state index in [0.29, 0.717) is 37.2 Å². The van der Waals surface area contributed by atoms with Crippen molar-refractivity contribution < 1.29 is 29.0 Å². The van der Waals surface area contributed by atoms with Gasteiger partial charge in [0, 0.05) is 34.7 Å². The molecule has 4 aliphatic rings. The number of aliphatic carboxylic acids is 1. The van der Waals surface area contributed by atoms with Crippen LogP contribution in [-0.2, 0) is 19.2 Å². The number of thiazole rings is 1. The number of anilines is 1. The van der Waals surface area contributed by atoms with E-state index in [0.717, 1.165) is 21.9 Å². The van der Waals surface area contributed by atoms with Gasteiger partial charge < -0.3 is 20.1 Å². The predicted octanol–water partition coefficient (Wildman–Crippen LogP) is 4.57. The van der Waals surface area contributed by atoms with Crippen molar-refractivity contribution in [1.29, 1.82) is 0 Å². The van der Waals surface area contributed by atoms with Gasteiger partial charge >= 0.3 is 10.8 Å². The molecule has 2 bridgehead atoms. The van der Waals surface area contributed by atoms with Crippen LogP contribution in [0.15, 0.2) is 64.4 Å². The maximum atomic E-state index is 13.8. The second-order valence-corrected chi connectivity index (χ2v) is 14.5. The highest BCUT2D eigenvalue weighted by Gasteiger charge is 2.69. The Morgan fingerprint density at radius 1 is 0.978 bits per heavy atom. The van der Waals surface area contributed by atoms with Gasteiger partial charge in [-0.1, -0.05) is 48.1 Å². The van der Waals surface area contributed by atoms with Gasteiger partial charge in [-0.05, 0) is 66.8 Å². The number of carboxylic acid groups (broad SMARTS) is 1. The number of thioether (sulfide) groups is 1. The van der Waals surface area contributed by atoms with Crippen LogP contribution in [0.5, 0.6) is 5.75 Å². The number of H-pyrrole nitrogens is 1. The Balaban J connectivity index is 1.11. The first-order valence-electron chi connectivity index (χ1n) is 15.3. The van der Waals surface area contributed by atoms with E-state index in [1.165, 1.54) is 16.2 Å². The second-order valence-electron chi connectivity index (χ2n) is 12.3. The fourth-order valence-corrected chi connectivity index (χ4v) is 10.9. The highest BCUT2D eigenvalue weighted by molar-refractivity contribution is 8.00. The number of aromatic nitrogens is 1. The first kappa shape index (κ1) is 29.8. The van der Waals surface area contributed by atoms with Crippen molar-refractivity contribution in [1.82, 2.24) is 9.88 Å². The number of rotatable bonds is 11. The van der Waals surface area contributed by atoms with Gasteiger partial charge in [0.15, 0.2) is 6.61 Å². The molecule has 234 valence electrons. The fraction of sp³-hybridized carbons (Fsp3) is 0.424. The Hall–Kier alpha value is -3.90. The largest absolute Gasteiger partial charge is 0.484 e. The highest BCUT2D eigenvalue weighted by Crippen LogP contribution is 2.68. The highest BCUT2D eigenvalue weighted by atomic mass is 32.2. The van der Waals surface area contributed by atoms with Crippen LogP contribution in [0.25, 0.3) is 0 Å². The lowest BCUT2D eigenvalue weighted by molar-refractivity contribution is -0.141. The third-order valence-corrected chi connectivity index (χ3v) is 12.3. The first-order chi connectivity index (χ1) is 21.8. The molecule has 45 heavy (non-hydrogen) atoms. The number of aromatic amines is 1. The van der Waals surface area contributed by atoms with Crippen LogP contribution >= 0.6 is 23.1 Å². The van der Waals surface area contributed by atoms with Gasteiger partial charge in [0.1, 0.15) is 5.75 Å². The van der Waals surface area contributed by atoms with Crippen LogP contribution in [0.1, 0.15) is 48.5 Å². The number of nitrogens with zero attached hydrogens (tertiary/aromatic N) is 1. The Bertz CT molecular complexity index is 1710. The van der Waals surface area contributed by atoms with E-state index >= 15 is 0 Å². The molecule has 2 aliphatic carbocycles. The molecule has 7 rings (SSSR count). The molecule has 1 aromatic heterocycles. The van der Waals surface area contributed by atoms with Crippen molar-refractivity contribution >= 4 is 52.5 Å². The molecule has 6 unspecified atom stereocenters. The molecule has 2 aromatic carbocycles. The number of hydrogen-bond acceptors (Lipinski definition) is 8. The quantitative estimate of drug-likeness (QED) is 0.203. The van der Waals surface area contributed by atoms with E-state index in [2.05, 4.69) is 10.3 Å². The molecule has 3 fully saturated rings. The van der Waals surface area contributed by atoms with Crippen molar-refractivity contribution in [2.75, 3.05) is 18.5 Å². The Morgan fingerprint density at radius 3 is 2.53 bits per heavy atom. The Morgan fingerprint density at radius 2 is 1.76 bits per heavy atom. The number of amides is 3. The summed E-state index contributed by atoms with van der Waals surface area (Å²) in [6.45, 7) is 0.165. The maximum Gasteiger partial charge on any atom is 0.305 e. The number of ether oxygens (including phenoxy) is 1. The van der Waals surface area contributed by atoms with E-state index < -0.39 is 5.97 Å². The normalized spacial score (nSPS) is 27.6. The summed E-state index contributed by atoms with van der Waals surface area (Å²) in [5, 5.41) is 12.6. The third-order valence-electron chi connectivity index (χ3n) is 9.73. The maximum absolute atomic E-state index is 13.8. The van der Waals surface area contributed by atoms with E-state index in [9.17, 15) is 24.0 Å². The van der Waals surface area contributed by atoms with Crippen molar-refractivity contribution in [3.05, 3.63) is 74.7 Å². The van der Waals surface area contributed by atoms with Gasteiger partial charge in [-0.25, -0.2) is 0 Å². The third kappa shape index (κ3) is 5.48. The standard InChI is InChI=1S/C33H33N3O7S2/c37-22(34-18-9-3-1-4-10-18)16-43-19-11-7-8-17(14-19)24-25-20-15-21(28(25)44-30-29(24)45-33(42)35-30)27-26(20)31(40)36(32(27)41)13-6-2-5-12-23(38)39/h1,3-4,7-11,14,20-21,24-28H,2,5-6,12-13,15-16H2,(H,34,37)(H,35,42)(H,38,39)/t20?,21?,24-,25?,26?,27?,28?/m1/s1. The average molecular weight is 648 g/mol. The number of hydrogen-bond donors (Lipinski definition) is 3. The lowest BCUT2D eigenvalue weighted by atomic mass is 9.68. The summed E-state index contributed by atoms with van der Waals surface area (Å²) in [4.78, 5) is 68.6. The number of carboxylic acids is 1. The second kappa shape index (κ2) is 12.1. The number of fused-ring (bicyclic) bond motifs is 9. The van der Waals surface area contributed by atoms with E-state index in [-0.39, 0.29) is 76.4 Å². The minimum Gasteiger partial charge on any atom is -0.484 e. The summed E-state index contributed by atoms with van der Waals surface area (Å²) in [5.74, 6) is -1.56. The minimum absolute atomic E-state index is 0.00235. The molecule has 2 aliphatic heterocycles. The van der Waals surface area contributed by atoms with Crippen LogP contribution in [0, 0.1) is 29.6 Å². The molecule has 3 N–H and O–H groups in total. The number of para-hydroxylation sites is 1. The monoisotopic (exact) mass is 647 g/mol. The van der Waals surface area contributed by atoms with Crippen LogP contribution in [-0.4, -0.2) is 57.1 Å². The van der Waals surface area contributed by atoms with Crippen molar-refractivity contribution in [3.63, 3.8) is 0 Å². The number of nitrogens with one attached hydrogen (secondary N) is 2. The first-order valence-corrected chi connectivity index (χ1v) is 17.0. The molecule has 3 heterocycles. The lowest BCUT2D eigenvalue weighted by Gasteiger charge is -2.43. The van der Waals surface area contributed by atoms with Crippen molar-refractivity contribution in [2.24, 2.45) is 29.6 Å². The fourth-order valence-electron chi connectivity index (χ4n) is 8.06. The summed E-state index contributed by atoms with van der Waals surface area (Å²) < 4.78 is 5.90. The van der Waals surface area contributed by atoms with Gasteiger partial charge in [-0.3, -0.25) is 28.9 Å². The summed E-state index contributed by atoms with van der Waals surface area (Å²) in [7, 11) is 0. The zero-order valence-corrected chi connectivity index (χ0v) is 26.0. The Kier molecular flexibility index (Phi) is 8.03. The number of carbonyl (C=O) groups excluding carboxylic acids is 3. The number of likely N-dealkylation sites (tertiary alicyclic amines) is 1. The van der Waals surface area contributed by atoms with Gasteiger partial charge in [0.05, 0.1) is 16.9 Å². The molecule has 3 aromatic rings. The molecule has 0 radical (unpaired) electrons. The summed E-state index contributed by atoms with van der Waals surface area (Å²) in [6.07, 6.45) is 2.64. The molecular weight excluding hydrogens is 615 g/mol. The predicted molar refractivity (Wildman–Crippen MR) is 168 cm³/mol. The zero-order chi connectivity index (χ0) is 31.2. The smallest absolute Gasteiger partial charge is 0.305 e. The van der Waals surface area contributed by atoms with Crippen molar-refractivity contribution in [2.45, 2.75) is 48.3 Å². The van der Waals surface area contributed by atoms with E-state index in [4.69, 9.17) is 9.84 Å².